The monoisotopic (exact) mass is 339 g/mol. The Morgan fingerprint density at radius 1 is 1.14 bits per heavy atom. The molecule has 0 radical (unpaired) electrons. The number of benzene rings is 2. The first-order valence-electron chi connectivity index (χ1n) is 6.43. The lowest BCUT2D eigenvalue weighted by atomic mass is 10.2. The molecule has 1 amide bonds. The van der Waals surface area contributed by atoms with Crippen molar-refractivity contribution in [1.29, 1.82) is 0 Å². The molecule has 1 N–H and O–H groups in total. The van der Waals surface area contributed by atoms with E-state index in [0.29, 0.717) is 10.8 Å². The van der Waals surface area contributed by atoms with Gasteiger partial charge in [-0.2, -0.15) is 0 Å². The molecule has 0 fully saturated rings. The maximum absolute atomic E-state index is 11.9. The number of rotatable bonds is 5. The van der Waals surface area contributed by atoms with Gasteiger partial charge in [0.1, 0.15) is 0 Å². The van der Waals surface area contributed by atoms with E-state index < -0.39 is 0 Å². The van der Waals surface area contributed by atoms with Crippen LogP contribution < -0.4 is 5.32 Å². The molecule has 0 unspecified atom stereocenters. The Morgan fingerprint density at radius 2 is 1.86 bits per heavy atom. The normalized spacial score (nSPS) is 10.4. The molecule has 0 saturated heterocycles. The highest BCUT2D eigenvalue weighted by molar-refractivity contribution is 7.99. The van der Waals surface area contributed by atoms with Crippen LogP contribution in [-0.2, 0) is 10.5 Å². The smallest absolute Gasteiger partial charge is 0.234 e. The molecule has 0 aliphatic carbocycles. The predicted molar refractivity (Wildman–Crippen MR) is 92.4 cm³/mol. The lowest BCUT2D eigenvalue weighted by molar-refractivity contribution is -0.113. The molecule has 0 heterocycles. The van der Waals surface area contributed by atoms with Crippen LogP contribution in [0.1, 0.15) is 11.1 Å². The summed E-state index contributed by atoms with van der Waals surface area (Å²) in [4.78, 5) is 11.9. The quantitative estimate of drug-likeness (QED) is 0.813. The molecule has 0 atom stereocenters. The fraction of sp³-hybridized carbons (Fsp3) is 0.188. The van der Waals surface area contributed by atoms with Crippen LogP contribution in [0.5, 0.6) is 0 Å². The highest BCUT2D eigenvalue weighted by Crippen LogP contribution is 2.23. The van der Waals surface area contributed by atoms with Crippen LogP contribution in [0.2, 0.25) is 10.0 Å². The summed E-state index contributed by atoms with van der Waals surface area (Å²) in [7, 11) is 0. The van der Waals surface area contributed by atoms with Crippen molar-refractivity contribution in [1.82, 2.24) is 0 Å². The standard InChI is InChI=1S/C16H15Cl2NOS/c1-11-14(18)3-2-4-15(11)19-16(20)10-21-9-12-5-7-13(17)8-6-12/h2-8H,9-10H2,1H3,(H,19,20). The Hall–Kier alpha value is -1.16. The lowest BCUT2D eigenvalue weighted by Gasteiger charge is -2.09. The summed E-state index contributed by atoms with van der Waals surface area (Å²) < 4.78 is 0. The molecule has 2 aromatic carbocycles. The summed E-state index contributed by atoms with van der Waals surface area (Å²) in [5, 5.41) is 4.26. The van der Waals surface area contributed by atoms with Gasteiger partial charge in [0.2, 0.25) is 5.91 Å². The molecule has 0 aliphatic heterocycles. The third-order valence-corrected chi connectivity index (χ3v) is 4.62. The summed E-state index contributed by atoms with van der Waals surface area (Å²) in [5.41, 5.74) is 2.80. The predicted octanol–water partition coefficient (Wildman–Crippen LogP) is 5.17. The zero-order valence-electron chi connectivity index (χ0n) is 11.5. The Morgan fingerprint density at radius 3 is 2.57 bits per heavy atom. The molecule has 110 valence electrons. The van der Waals surface area contributed by atoms with Crippen LogP contribution in [0, 0.1) is 6.92 Å². The lowest BCUT2D eigenvalue weighted by Crippen LogP contribution is -2.15. The molecular weight excluding hydrogens is 325 g/mol. The first-order valence-corrected chi connectivity index (χ1v) is 8.34. The molecule has 2 aromatic rings. The van der Waals surface area contributed by atoms with Gasteiger partial charge in [-0.15, -0.1) is 11.8 Å². The summed E-state index contributed by atoms with van der Waals surface area (Å²) >= 11 is 13.4. The molecule has 21 heavy (non-hydrogen) atoms. The van der Waals surface area contributed by atoms with Crippen molar-refractivity contribution in [3.05, 3.63) is 63.6 Å². The summed E-state index contributed by atoms with van der Waals surface area (Å²) in [6.07, 6.45) is 0. The van der Waals surface area contributed by atoms with Crippen molar-refractivity contribution in [3.8, 4) is 0 Å². The Labute approximate surface area is 138 Å². The Kier molecular flexibility index (Phi) is 5.97. The number of thioether (sulfide) groups is 1. The molecule has 0 spiro atoms. The molecule has 2 rings (SSSR count). The van der Waals surface area contributed by atoms with Gasteiger partial charge in [-0.05, 0) is 42.3 Å². The van der Waals surface area contributed by atoms with E-state index in [1.165, 1.54) is 0 Å². The first kappa shape index (κ1) is 16.2. The van der Waals surface area contributed by atoms with E-state index in [1.54, 1.807) is 11.8 Å². The molecule has 2 nitrogen and oxygen atoms in total. The molecule has 0 aliphatic rings. The van der Waals surface area contributed by atoms with Crippen LogP contribution in [0.25, 0.3) is 0 Å². The second-order valence-electron chi connectivity index (χ2n) is 4.58. The van der Waals surface area contributed by atoms with E-state index >= 15 is 0 Å². The van der Waals surface area contributed by atoms with Crippen LogP contribution in [0.3, 0.4) is 0 Å². The fourth-order valence-electron chi connectivity index (χ4n) is 1.77. The van der Waals surface area contributed by atoms with Crippen molar-refractivity contribution in [2.75, 3.05) is 11.1 Å². The largest absolute Gasteiger partial charge is 0.325 e. The van der Waals surface area contributed by atoms with E-state index in [0.717, 1.165) is 27.6 Å². The summed E-state index contributed by atoms with van der Waals surface area (Å²) in [6, 6.07) is 13.1. The maximum Gasteiger partial charge on any atom is 0.234 e. The molecular formula is C16H15Cl2NOS. The van der Waals surface area contributed by atoms with Crippen LogP contribution in [0.15, 0.2) is 42.5 Å². The minimum atomic E-state index is -0.0284. The number of nitrogens with one attached hydrogen (secondary N) is 1. The van der Waals surface area contributed by atoms with E-state index in [-0.39, 0.29) is 5.91 Å². The number of halogens is 2. The van der Waals surface area contributed by atoms with Gasteiger partial charge in [0.05, 0.1) is 5.75 Å². The second kappa shape index (κ2) is 7.74. The van der Waals surface area contributed by atoms with Crippen LogP contribution in [-0.4, -0.2) is 11.7 Å². The van der Waals surface area contributed by atoms with Crippen LogP contribution >= 0.6 is 35.0 Å². The van der Waals surface area contributed by atoms with E-state index in [9.17, 15) is 4.79 Å². The van der Waals surface area contributed by atoms with Gasteiger partial charge in [-0.3, -0.25) is 4.79 Å². The Bertz CT molecular complexity index is 629. The minimum Gasteiger partial charge on any atom is -0.325 e. The van der Waals surface area contributed by atoms with Crippen molar-refractivity contribution >= 4 is 46.6 Å². The highest BCUT2D eigenvalue weighted by Gasteiger charge is 2.07. The number of hydrogen-bond acceptors (Lipinski definition) is 2. The van der Waals surface area contributed by atoms with Gasteiger partial charge in [0.15, 0.2) is 0 Å². The number of carbonyl (C=O) groups excluding carboxylic acids is 1. The summed E-state index contributed by atoms with van der Waals surface area (Å²) in [6.45, 7) is 1.89. The number of amides is 1. The molecule has 0 bridgehead atoms. The third kappa shape index (κ3) is 4.95. The van der Waals surface area contributed by atoms with Gasteiger partial charge < -0.3 is 5.32 Å². The summed E-state index contributed by atoms with van der Waals surface area (Å²) in [5.74, 6) is 1.15. The maximum atomic E-state index is 11.9. The van der Waals surface area contributed by atoms with Crippen LogP contribution in [0.4, 0.5) is 5.69 Å². The van der Waals surface area contributed by atoms with Crippen molar-refractivity contribution in [3.63, 3.8) is 0 Å². The number of carbonyl (C=O) groups is 1. The first-order chi connectivity index (χ1) is 10.1. The van der Waals surface area contributed by atoms with Gasteiger partial charge in [-0.1, -0.05) is 41.4 Å². The average molecular weight is 340 g/mol. The van der Waals surface area contributed by atoms with E-state index in [4.69, 9.17) is 23.2 Å². The Balaban J connectivity index is 1.82. The fourth-order valence-corrected chi connectivity index (χ4v) is 2.86. The highest BCUT2D eigenvalue weighted by atomic mass is 35.5. The van der Waals surface area contributed by atoms with Gasteiger partial charge in [-0.25, -0.2) is 0 Å². The number of hydrogen-bond donors (Lipinski definition) is 1. The molecule has 5 heteroatoms. The van der Waals surface area contributed by atoms with Crippen molar-refractivity contribution in [2.45, 2.75) is 12.7 Å². The van der Waals surface area contributed by atoms with E-state index in [2.05, 4.69) is 5.32 Å². The zero-order chi connectivity index (χ0) is 15.2. The van der Waals surface area contributed by atoms with Gasteiger partial charge >= 0.3 is 0 Å². The SMILES string of the molecule is Cc1c(Cl)cccc1NC(=O)CSCc1ccc(Cl)cc1. The average Bonchev–Trinajstić information content (AvgIpc) is 2.46. The number of anilines is 1. The second-order valence-corrected chi connectivity index (χ2v) is 6.41. The van der Waals surface area contributed by atoms with Crippen molar-refractivity contribution < 1.29 is 4.79 Å². The third-order valence-electron chi connectivity index (χ3n) is 2.96. The van der Waals surface area contributed by atoms with E-state index in [1.807, 2.05) is 49.4 Å². The van der Waals surface area contributed by atoms with Gasteiger partial charge in [0, 0.05) is 21.5 Å². The minimum absolute atomic E-state index is 0.0284. The topological polar surface area (TPSA) is 29.1 Å². The molecule has 0 aromatic heterocycles. The molecule has 0 saturated carbocycles. The van der Waals surface area contributed by atoms with Gasteiger partial charge in [0.25, 0.3) is 0 Å². The van der Waals surface area contributed by atoms with Crippen molar-refractivity contribution in [2.24, 2.45) is 0 Å². The zero-order valence-corrected chi connectivity index (χ0v) is 13.9.